The van der Waals surface area contributed by atoms with E-state index in [1.165, 1.54) is 17.7 Å². The fourth-order valence-electron chi connectivity index (χ4n) is 4.30. The van der Waals surface area contributed by atoms with Gasteiger partial charge in [0.25, 0.3) is 11.8 Å². The fourth-order valence-corrected chi connectivity index (χ4v) is 5.53. The summed E-state index contributed by atoms with van der Waals surface area (Å²) >= 11 is 1.60. The van der Waals surface area contributed by atoms with Gasteiger partial charge in [0.1, 0.15) is 10.8 Å². The van der Waals surface area contributed by atoms with Crippen LogP contribution in [0.2, 0.25) is 0 Å². The molecule has 182 valence electrons. The summed E-state index contributed by atoms with van der Waals surface area (Å²) in [6, 6.07) is 13.3. The summed E-state index contributed by atoms with van der Waals surface area (Å²) in [6.07, 6.45) is 8.14. The van der Waals surface area contributed by atoms with Crippen molar-refractivity contribution in [3.05, 3.63) is 75.2 Å². The summed E-state index contributed by atoms with van der Waals surface area (Å²) in [5.41, 5.74) is 10.8. The molecule has 0 fully saturated rings. The number of hydrogen-bond acceptors (Lipinski definition) is 5. The maximum Gasteiger partial charge on any atom is 0.259 e. The normalized spacial score (nSPS) is 13.7. The topological polar surface area (TPSA) is 93.8 Å². The second-order valence-corrected chi connectivity index (χ2v) is 9.93. The van der Waals surface area contributed by atoms with Gasteiger partial charge in [0, 0.05) is 22.3 Å². The largest absolute Gasteiger partial charge is 0.483 e. The van der Waals surface area contributed by atoms with Gasteiger partial charge in [-0.2, -0.15) is 0 Å². The Morgan fingerprint density at radius 3 is 2.63 bits per heavy atom. The third kappa shape index (κ3) is 5.98. The van der Waals surface area contributed by atoms with Crippen molar-refractivity contribution >= 4 is 40.1 Å². The van der Waals surface area contributed by atoms with Gasteiger partial charge in [-0.1, -0.05) is 37.1 Å². The molecule has 6 nitrogen and oxygen atoms in total. The quantitative estimate of drug-likeness (QED) is 0.405. The molecule has 7 heteroatoms. The lowest BCUT2D eigenvalue weighted by atomic mass is 9.96. The number of aryl methyl sites for hydroxylation is 2. The summed E-state index contributed by atoms with van der Waals surface area (Å²) in [5, 5.41) is 3.84. The number of carbonyl (C=O) groups excluding carboxylic acids is 2. The predicted molar refractivity (Wildman–Crippen MR) is 142 cm³/mol. The lowest BCUT2D eigenvalue weighted by Gasteiger charge is -2.13. The lowest BCUT2D eigenvalue weighted by Crippen LogP contribution is -2.20. The van der Waals surface area contributed by atoms with E-state index >= 15 is 0 Å². The smallest absolute Gasteiger partial charge is 0.259 e. The molecule has 1 aliphatic carbocycles. The van der Waals surface area contributed by atoms with E-state index in [-0.39, 0.29) is 12.5 Å². The molecule has 35 heavy (non-hydrogen) atoms. The van der Waals surface area contributed by atoms with Crippen molar-refractivity contribution in [1.82, 2.24) is 0 Å². The minimum atomic E-state index is -0.541. The predicted octanol–water partition coefficient (Wildman–Crippen LogP) is 5.89. The van der Waals surface area contributed by atoms with Crippen molar-refractivity contribution in [2.24, 2.45) is 10.7 Å². The average molecular weight is 490 g/mol. The Morgan fingerprint density at radius 2 is 1.83 bits per heavy atom. The Kier molecular flexibility index (Phi) is 7.98. The molecule has 0 saturated carbocycles. The summed E-state index contributed by atoms with van der Waals surface area (Å²) in [5.74, 6) is -0.145. The average Bonchev–Trinajstić information content (AvgIpc) is 3.16. The molecule has 4 rings (SSSR count). The van der Waals surface area contributed by atoms with E-state index in [2.05, 4.69) is 5.32 Å². The van der Waals surface area contributed by atoms with Crippen molar-refractivity contribution in [3.8, 4) is 5.75 Å². The molecule has 2 aromatic carbocycles. The van der Waals surface area contributed by atoms with Crippen LogP contribution < -0.4 is 15.8 Å². The molecule has 1 aromatic heterocycles. The van der Waals surface area contributed by atoms with Gasteiger partial charge in [-0.15, -0.1) is 11.3 Å². The first kappa shape index (κ1) is 24.7. The second-order valence-electron chi connectivity index (χ2n) is 8.85. The Hall–Kier alpha value is -3.45. The van der Waals surface area contributed by atoms with E-state index in [9.17, 15) is 9.59 Å². The summed E-state index contributed by atoms with van der Waals surface area (Å²) in [4.78, 5) is 30.8. The molecule has 0 atom stereocenters. The molecular formula is C28H31N3O3S. The van der Waals surface area contributed by atoms with Crippen molar-refractivity contribution in [1.29, 1.82) is 0 Å². The number of fused-ring (bicyclic) bond motifs is 1. The van der Waals surface area contributed by atoms with E-state index in [0.717, 1.165) is 53.6 Å². The number of aliphatic imine (C=N–C) groups is 1. The molecule has 0 saturated heterocycles. The van der Waals surface area contributed by atoms with Gasteiger partial charge in [0.2, 0.25) is 0 Å². The van der Waals surface area contributed by atoms with Gasteiger partial charge in [-0.05, 0) is 74.4 Å². The molecular weight excluding hydrogens is 458 g/mol. The van der Waals surface area contributed by atoms with Crippen LogP contribution in [0.15, 0.2) is 47.5 Å². The van der Waals surface area contributed by atoms with Crippen LogP contribution in [0.3, 0.4) is 0 Å². The maximum atomic E-state index is 13.6. The van der Waals surface area contributed by atoms with Crippen LogP contribution in [0.5, 0.6) is 5.75 Å². The van der Waals surface area contributed by atoms with E-state index < -0.39 is 5.91 Å². The van der Waals surface area contributed by atoms with Gasteiger partial charge in [-0.25, -0.2) is 4.99 Å². The molecule has 0 spiro atoms. The van der Waals surface area contributed by atoms with Gasteiger partial charge < -0.3 is 15.8 Å². The number of rotatable bonds is 7. The number of nitrogens with zero attached hydrogens (tertiary/aromatic N) is 1. The highest BCUT2D eigenvalue weighted by Crippen LogP contribution is 2.39. The number of hydrogen-bond donors (Lipinski definition) is 2. The first-order chi connectivity index (χ1) is 16.9. The van der Waals surface area contributed by atoms with Crippen molar-refractivity contribution in [3.63, 3.8) is 0 Å². The van der Waals surface area contributed by atoms with E-state index in [4.69, 9.17) is 15.5 Å². The number of amides is 2. The zero-order valence-electron chi connectivity index (χ0n) is 20.2. The number of primary amides is 1. The third-order valence-electron chi connectivity index (χ3n) is 6.34. The zero-order chi connectivity index (χ0) is 24.8. The van der Waals surface area contributed by atoms with Gasteiger partial charge in [-0.3, -0.25) is 9.59 Å². The standard InChI is InChI=1S/C28H31N3O3S/c1-18-10-9-13-22(19(18)2)31-27(33)26-21-12-5-3-4-6-15-24(21)35-28(26)30-16-20-11-7-8-14-23(20)34-17-25(29)32/h7-11,13-14,16H,3-6,12,15,17H2,1-2H3,(H2,29,32)(H,31,33). The van der Waals surface area contributed by atoms with Gasteiger partial charge in [0.05, 0.1) is 5.56 Å². The molecule has 2 amide bonds. The SMILES string of the molecule is Cc1cccc(NC(=O)c2c(N=Cc3ccccc3OCC(N)=O)sc3c2CCCCCC3)c1C. The van der Waals surface area contributed by atoms with Crippen LogP contribution in [-0.2, 0) is 17.6 Å². The molecule has 1 heterocycles. The van der Waals surface area contributed by atoms with Gasteiger partial charge in [0.15, 0.2) is 6.61 Å². The van der Waals surface area contributed by atoms with Crippen LogP contribution in [0.25, 0.3) is 0 Å². The van der Waals surface area contributed by atoms with Crippen LogP contribution in [0.4, 0.5) is 10.7 Å². The molecule has 0 radical (unpaired) electrons. The number of nitrogens with one attached hydrogen (secondary N) is 1. The van der Waals surface area contributed by atoms with Crippen LogP contribution >= 0.6 is 11.3 Å². The maximum absolute atomic E-state index is 13.6. The second kappa shape index (κ2) is 11.3. The van der Waals surface area contributed by atoms with E-state index in [0.29, 0.717) is 16.3 Å². The monoisotopic (exact) mass is 489 g/mol. The highest BCUT2D eigenvalue weighted by Gasteiger charge is 2.24. The van der Waals surface area contributed by atoms with Crippen molar-refractivity contribution in [2.45, 2.75) is 52.4 Å². The number of para-hydroxylation sites is 1. The molecule has 0 unspecified atom stereocenters. The number of anilines is 1. The third-order valence-corrected chi connectivity index (χ3v) is 7.54. The zero-order valence-corrected chi connectivity index (χ0v) is 21.0. The van der Waals surface area contributed by atoms with E-state index in [1.54, 1.807) is 23.6 Å². The van der Waals surface area contributed by atoms with Crippen LogP contribution in [-0.4, -0.2) is 24.6 Å². The van der Waals surface area contributed by atoms with Gasteiger partial charge >= 0.3 is 0 Å². The summed E-state index contributed by atoms with van der Waals surface area (Å²) < 4.78 is 5.54. The first-order valence-electron chi connectivity index (χ1n) is 12.0. The molecule has 1 aliphatic rings. The summed E-state index contributed by atoms with van der Waals surface area (Å²) in [7, 11) is 0. The Labute approximate surface area is 210 Å². The number of ether oxygens (including phenoxy) is 1. The number of benzene rings is 2. The molecule has 0 aliphatic heterocycles. The Bertz CT molecular complexity index is 1260. The highest BCUT2D eigenvalue weighted by molar-refractivity contribution is 7.16. The lowest BCUT2D eigenvalue weighted by molar-refractivity contribution is -0.119. The molecule has 0 bridgehead atoms. The summed E-state index contributed by atoms with van der Waals surface area (Å²) in [6.45, 7) is 3.85. The number of nitrogens with two attached hydrogens (primary N) is 1. The Balaban J connectivity index is 1.71. The minimum Gasteiger partial charge on any atom is -0.483 e. The van der Waals surface area contributed by atoms with Crippen LogP contribution in [0.1, 0.15) is 63.2 Å². The number of carbonyl (C=O) groups is 2. The highest BCUT2D eigenvalue weighted by atomic mass is 32.1. The van der Waals surface area contributed by atoms with Crippen molar-refractivity contribution in [2.75, 3.05) is 11.9 Å². The number of thiophene rings is 1. The molecule has 3 aromatic rings. The van der Waals surface area contributed by atoms with Crippen molar-refractivity contribution < 1.29 is 14.3 Å². The first-order valence-corrected chi connectivity index (χ1v) is 12.8. The van der Waals surface area contributed by atoms with Crippen LogP contribution in [0, 0.1) is 13.8 Å². The minimum absolute atomic E-state index is 0.123. The van der Waals surface area contributed by atoms with E-state index in [1.807, 2.05) is 50.2 Å². The Morgan fingerprint density at radius 1 is 1.06 bits per heavy atom. The molecule has 3 N–H and O–H groups in total. The fraction of sp³-hybridized carbons (Fsp3) is 0.321.